The van der Waals surface area contributed by atoms with Crippen molar-refractivity contribution in [3.8, 4) is 0 Å². The van der Waals surface area contributed by atoms with Crippen molar-refractivity contribution in [1.29, 1.82) is 0 Å². The molecule has 0 spiro atoms. The van der Waals surface area contributed by atoms with Crippen molar-refractivity contribution in [2.45, 2.75) is 13.8 Å². The summed E-state index contributed by atoms with van der Waals surface area (Å²) in [5.41, 5.74) is 0. The summed E-state index contributed by atoms with van der Waals surface area (Å²) in [5.74, 6) is 0. The second-order valence-electron chi connectivity index (χ2n) is 3.71. The van der Waals surface area contributed by atoms with E-state index < -0.39 is 0 Å². The third-order valence-corrected chi connectivity index (χ3v) is 5.46. The minimum absolute atomic E-state index is 1.40. The molecule has 0 atom stereocenters. The normalized spacial score (nSPS) is 14.4. The molecule has 1 aromatic carbocycles. The minimum atomic E-state index is 1.40. The Labute approximate surface area is 102 Å². The molecule has 2 heteroatoms. The molecule has 0 amide bonds. The van der Waals surface area contributed by atoms with Crippen LogP contribution >= 0.6 is 22.7 Å². The smallest absolute Gasteiger partial charge is 0.0541 e. The van der Waals surface area contributed by atoms with E-state index in [-0.39, 0.29) is 0 Å². The molecule has 0 aliphatic rings. The molecule has 16 heavy (non-hydrogen) atoms. The molecule has 0 bridgehead atoms. The van der Waals surface area contributed by atoms with Gasteiger partial charge in [-0.15, -0.1) is 22.7 Å². The maximum atomic E-state index is 2.23. The van der Waals surface area contributed by atoms with E-state index in [1.807, 2.05) is 22.7 Å². The molecule has 2 heterocycles. The Morgan fingerprint density at radius 2 is 1.75 bits per heavy atom. The predicted molar refractivity (Wildman–Crippen MR) is 76.7 cm³/mol. The summed E-state index contributed by atoms with van der Waals surface area (Å²) in [4.78, 5) is 0. The van der Waals surface area contributed by atoms with Crippen molar-refractivity contribution in [1.82, 2.24) is 0 Å². The molecule has 0 radical (unpaired) electrons. The van der Waals surface area contributed by atoms with Crippen molar-refractivity contribution >= 4 is 54.3 Å². The maximum absolute atomic E-state index is 2.23. The van der Waals surface area contributed by atoms with Crippen LogP contribution in [0.2, 0.25) is 0 Å². The first kappa shape index (κ1) is 10.1. The van der Waals surface area contributed by atoms with Crippen LogP contribution in [0.5, 0.6) is 0 Å². The van der Waals surface area contributed by atoms with E-state index in [0.717, 1.165) is 0 Å². The van der Waals surface area contributed by atoms with Crippen molar-refractivity contribution in [2.24, 2.45) is 0 Å². The van der Waals surface area contributed by atoms with Crippen LogP contribution in [-0.4, -0.2) is 0 Å². The van der Waals surface area contributed by atoms with E-state index >= 15 is 0 Å². The number of hydrogen-bond acceptors (Lipinski definition) is 2. The van der Waals surface area contributed by atoms with Crippen molar-refractivity contribution in [3.63, 3.8) is 0 Å². The molecule has 0 saturated heterocycles. The number of fused-ring (bicyclic) bond motifs is 3. The van der Waals surface area contributed by atoms with E-state index in [4.69, 9.17) is 0 Å². The lowest BCUT2D eigenvalue weighted by molar-refractivity contribution is 1.72. The fraction of sp³-hybridized carbons (Fsp3) is 0.143. The average molecular weight is 244 g/mol. The van der Waals surface area contributed by atoms with Gasteiger partial charge in [0, 0.05) is 19.8 Å². The SMILES string of the molecule is C/C=c1\c(=C/C)sc2c1sc1ccccc12. The predicted octanol–water partition coefficient (Wildman–Crippen LogP) is 3.72. The first-order valence-corrected chi connectivity index (χ1v) is 7.01. The molecule has 0 unspecified atom stereocenters. The van der Waals surface area contributed by atoms with Gasteiger partial charge in [-0.1, -0.05) is 30.4 Å². The highest BCUT2D eigenvalue weighted by Gasteiger charge is 2.07. The minimum Gasteiger partial charge on any atom is -0.134 e. The Morgan fingerprint density at radius 3 is 2.50 bits per heavy atom. The standard InChI is InChI=1S/C14H12S2/c1-3-9-11(4-2)15-14-10-7-5-6-8-12(10)16-13(9)14/h3-8H,1-2H3/b9-3+,11-4+. The summed E-state index contributed by atoms with van der Waals surface area (Å²) in [5, 5.41) is 2.81. The van der Waals surface area contributed by atoms with Crippen LogP contribution < -0.4 is 9.75 Å². The Hall–Kier alpha value is -1.12. The van der Waals surface area contributed by atoms with Gasteiger partial charge in [0.05, 0.1) is 9.40 Å². The first-order valence-electron chi connectivity index (χ1n) is 5.38. The van der Waals surface area contributed by atoms with Crippen molar-refractivity contribution in [3.05, 3.63) is 34.0 Å². The number of hydrogen-bond donors (Lipinski definition) is 0. The molecule has 3 rings (SSSR count). The van der Waals surface area contributed by atoms with Crippen molar-refractivity contribution in [2.75, 3.05) is 0 Å². The molecule has 3 aromatic rings. The quantitative estimate of drug-likeness (QED) is 0.565. The fourth-order valence-electron chi connectivity index (χ4n) is 2.07. The third kappa shape index (κ3) is 1.27. The highest BCUT2D eigenvalue weighted by Crippen LogP contribution is 2.33. The van der Waals surface area contributed by atoms with Gasteiger partial charge >= 0.3 is 0 Å². The van der Waals surface area contributed by atoms with Gasteiger partial charge in [0.1, 0.15) is 0 Å². The highest BCUT2D eigenvalue weighted by atomic mass is 32.1. The van der Waals surface area contributed by atoms with Crippen LogP contribution in [0.25, 0.3) is 31.6 Å². The van der Waals surface area contributed by atoms with E-state index in [1.54, 1.807) is 0 Å². The van der Waals surface area contributed by atoms with Crippen molar-refractivity contribution < 1.29 is 0 Å². The Morgan fingerprint density at radius 1 is 0.938 bits per heavy atom. The van der Waals surface area contributed by atoms with Crippen LogP contribution in [0.3, 0.4) is 0 Å². The van der Waals surface area contributed by atoms with Crippen LogP contribution in [0.4, 0.5) is 0 Å². The molecular weight excluding hydrogens is 232 g/mol. The summed E-state index contributed by atoms with van der Waals surface area (Å²) in [7, 11) is 0. The van der Waals surface area contributed by atoms with Gasteiger partial charge in [0.15, 0.2) is 0 Å². The van der Waals surface area contributed by atoms with E-state index in [1.165, 1.54) is 29.2 Å². The van der Waals surface area contributed by atoms with Crippen LogP contribution in [0.1, 0.15) is 13.8 Å². The van der Waals surface area contributed by atoms with E-state index in [0.29, 0.717) is 0 Å². The topological polar surface area (TPSA) is 0 Å². The van der Waals surface area contributed by atoms with Gasteiger partial charge in [0.25, 0.3) is 0 Å². The molecule has 2 aromatic heterocycles. The zero-order chi connectivity index (χ0) is 11.1. The number of benzene rings is 1. The average Bonchev–Trinajstić information content (AvgIpc) is 2.83. The van der Waals surface area contributed by atoms with Gasteiger partial charge in [-0.3, -0.25) is 0 Å². The maximum Gasteiger partial charge on any atom is 0.0541 e. The summed E-state index contributed by atoms with van der Waals surface area (Å²) >= 11 is 3.82. The lowest BCUT2D eigenvalue weighted by Gasteiger charge is -1.85. The lowest BCUT2D eigenvalue weighted by Crippen LogP contribution is -2.16. The second-order valence-corrected chi connectivity index (χ2v) is 5.82. The first-order chi connectivity index (χ1) is 7.85. The summed E-state index contributed by atoms with van der Waals surface area (Å²) in [6, 6.07) is 8.68. The van der Waals surface area contributed by atoms with Gasteiger partial charge in [-0.2, -0.15) is 0 Å². The van der Waals surface area contributed by atoms with Crippen LogP contribution in [0, 0.1) is 0 Å². The molecule has 0 nitrogen and oxygen atoms in total. The number of thiophene rings is 2. The largest absolute Gasteiger partial charge is 0.134 e. The van der Waals surface area contributed by atoms with Crippen LogP contribution in [-0.2, 0) is 0 Å². The molecule has 0 saturated carbocycles. The number of rotatable bonds is 0. The second kappa shape index (κ2) is 3.72. The van der Waals surface area contributed by atoms with Crippen LogP contribution in [0.15, 0.2) is 24.3 Å². The zero-order valence-electron chi connectivity index (χ0n) is 9.28. The van der Waals surface area contributed by atoms with Gasteiger partial charge in [-0.05, 0) is 19.9 Å². The molecule has 0 N–H and O–H groups in total. The highest BCUT2D eigenvalue weighted by molar-refractivity contribution is 7.32. The third-order valence-electron chi connectivity index (χ3n) is 2.82. The molecule has 0 aliphatic heterocycles. The van der Waals surface area contributed by atoms with E-state index in [2.05, 4.69) is 50.3 Å². The molecule has 0 aliphatic carbocycles. The monoisotopic (exact) mass is 244 g/mol. The Balaban J connectivity index is 2.66. The Kier molecular flexibility index (Phi) is 2.34. The summed E-state index contributed by atoms with van der Waals surface area (Å²) in [6.07, 6.45) is 4.44. The van der Waals surface area contributed by atoms with Gasteiger partial charge < -0.3 is 0 Å². The summed E-state index contributed by atoms with van der Waals surface area (Å²) in [6.45, 7) is 4.24. The van der Waals surface area contributed by atoms with Gasteiger partial charge in [-0.25, -0.2) is 0 Å². The fourth-order valence-corrected chi connectivity index (χ4v) is 4.79. The molecule has 80 valence electrons. The molecular formula is C14H12S2. The zero-order valence-corrected chi connectivity index (χ0v) is 10.9. The lowest BCUT2D eigenvalue weighted by atomic mass is 10.2. The van der Waals surface area contributed by atoms with E-state index in [9.17, 15) is 0 Å². The summed E-state index contributed by atoms with van der Waals surface area (Å²) < 4.78 is 5.69. The van der Waals surface area contributed by atoms with Gasteiger partial charge in [0.2, 0.25) is 0 Å². The molecule has 0 fully saturated rings. The Bertz CT molecular complexity index is 772.